The number of nitrogens with zero attached hydrogens (tertiary/aromatic N) is 5. The predicted octanol–water partition coefficient (Wildman–Crippen LogP) is 4.82. The Morgan fingerprint density at radius 3 is 2.38 bits per heavy atom. The van der Waals surface area contributed by atoms with E-state index >= 15 is 0 Å². The molecule has 0 atom stereocenters. The number of piperazine rings is 1. The van der Waals surface area contributed by atoms with Crippen molar-refractivity contribution in [3.05, 3.63) is 65.8 Å². The SMILES string of the molecule is C=C1CN(c2ccn3c(CC4CC4)nnc3c2C(F)(F)F)CCN1c1cc(F)cc(F)c1. The highest BCUT2D eigenvalue weighted by Gasteiger charge is 2.40. The van der Waals surface area contributed by atoms with Crippen molar-refractivity contribution in [2.45, 2.75) is 25.4 Å². The highest BCUT2D eigenvalue weighted by molar-refractivity contribution is 5.68. The van der Waals surface area contributed by atoms with Crippen LogP contribution in [0.25, 0.3) is 5.65 Å². The first-order valence-electron chi connectivity index (χ1n) is 10.3. The summed E-state index contributed by atoms with van der Waals surface area (Å²) in [5.41, 5.74) is -0.356. The normalized spacial score (nSPS) is 17.5. The molecule has 32 heavy (non-hydrogen) atoms. The molecule has 5 rings (SSSR count). The first-order chi connectivity index (χ1) is 15.2. The second-order valence-electron chi connectivity index (χ2n) is 8.30. The van der Waals surface area contributed by atoms with Crippen molar-refractivity contribution >= 4 is 17.0 Å². The fraction of sp³-hybridized carbons (Fsp3) is 0.364. The van der Waals surface area contributed by atoms with Gasteiger partial charge in [-0.1, -0.05) is 6.58 Å². The fourth-order valence-corrected chi connectivity index (χ4v) is 4.22. The molecule has 5 nitrogen and oxygen atoms in total. The minimum Gasteiger partial charge on any atom is -0.363 e. The van der Waals surface area contributed by atoms with E-state index in [1.807, 2.05) is 0 Å². The lowest BCUT2D eigenvalue weighted by molar-refractivity contribution is -0.136. The van der Waals surface area contributed by atoms with Crippen LogP contribution in [-0.2, 0) is 12.6 Å². The van der Waals surface area contributed by atoms with E-state index in [9.17, 15) is 22.0 Å². The maximum atomic E-state index is 14.1. The van der Waals surface area contributed by atoms with Gasteiger partial charge in [-0.3, -0.25) is 4.40 Å². The summed E-state index contributed by atoms with van der Waals surface area (Å²) in [5.74, 6) is -0.468. The lowest BCUT2D eigenvalue weighted by Gasteiger charge is -2.39. The predicted molar refractivity (Wildman–Crippen MR) is 109 cm³/mol. The zero-order valence-electron chi connectivity index (χ0n) is 17.0. The topological polar surface area (TPSA) is 36.7 Å². The van der Waals surface area contributed by atoms with Gasteiger partial charge in [0.15, 0.2) is 5.65 Å². The molecule has 1 aliphatic heterocycles. The Labute approximate surface area is 180 Å². The molecule has 0 radical (unpaired) electrons. The lowest BCUT2D eigenvalue weighted by Crippen LogP contribution is -2.45. The molecule has 0 bridgehead atoms. The minimum absolute atomic E-state index is 0.0124. The van der Waals surface area contributed by atoms with Crippen molar-refractivity contribution in [3.63, 3.8) is 0 Å². The molecule has 10 heteroatoms. The number of hydrogen-bond donors (Lipinski definition) is 0. The van der Waals surface area contributed by atoms with Gasteiger partial charge in [0.1, 0.15) is 23.0 Å². The molecule has 1 aromatic carbocycles. The number of rotatable bonds is 4. The van der Waals surface area contributed by atoms with Crippen molar-refractivity contribution in [1.82, 2.24) is 14.6 Å². The van der Waals surface area contributed by atoms with Gasteiger partial charge >= 0.3 is 6.18 Å². The highest BCUT2D eigenvalue weighted by atomic mass is 19.4. The van der Waals surface area contributed by atoms with E-state index in [1.54, 1.807) is 16.0 Å². The van der Waals surface area contributed by atoms with Crippen LogP contribution in [0.5, 0.6) is 0 Å². The fourth-order valence-electron chi connectivity index (χ4n) is 4.22. The molecule has 3 aromatic rings. The maximum absolute atomic E-state index is 14.1. The van der Waals surface area contributed by atoms with Crippen LogP contribution >= 0.6 is 0 Å². The third-order valence-electron chi connectivity index (χ3n) is 5.93. The molecule has 3 heterocycles. The van der Waals surface area contributed by atoms with E-state index in [1.165, 1.54) is 22.6 Å². The van der Waals surface area contributed by atoms with Gasteiger partial charge in [-0.25, -0.2) is 8.78 Å². The summed E-state index contributed by atoms with van der Waals surface area (Å²) in [6, 6.07) is 4.55. The molecular weight excluding hydrogens is 429 g/mol. The number of anilines is 2. The third-order valence-corrected chi connectivity index (χ3v) is 5.93. The van der Waals surface area contributed by atoms with Crippen LogP contribution in [0.4, 0.5) is 33.3 Å². The van der Waals surface area contributed by atoms with Crippen molar-refractivity contribution < 1.29 is 22.0 Å². The Hall–Kier alpha value is -3.17. The minimum atomic E-state index is -4.63. The van der Waals surface area contributed by atoms with Crippen LogP contribution in [-0.4, -0.2) is 34.2 Å². The number of halogens is 5. The van der Waals surface area contributed by atoms with Crippen molar-refractivity contribution in [2.75, 3.05) is 29.4 Å². The number of pyridine rings is 1. The van der Waals surface area contributed by atoms with Gasteiger partial charge < -0.3 is 9.80 Å². The first-order valence-corrected chi connectivity index (χ1v) is 10.3. The van der Waals surface area contributed by atoms with Gasteiger partial charge in [0, 0.05) is 43.2 Å². The molecule has 1 aliphatic carbocycles. The number of aromatic nitrogens is 3. The zero-order chi connectivity index (χ0) is 22.6. The van der Waals surface area contributed by atoms with Crippen LogP contribution in [0, 0.1) is 17.6 Å². The molecule has 168 valence electrons. The second kappa shape index (κ2) is 7.46. The van der Waals surface area contributed by atoms with Crippen LogP contribution < -0.4 is 9.80 Å². The molecule has 0 spiro atoms. The first kappa shape index (κ1) is 20.7. The van der Waals surface area contributed by atoms with E-state index in [0.717, 1.165) is 18.9 Å². The van der Waals surface area contributed by atoms with E-state index < -0.39 is 23.4 Å². The molecule has 0 amide bonds. The molecule has 1 saturated carbocycles. The van der Waals surface area contributed by atoms with Gasteiger partial charge in [-0.15, -0.1) is 10.2 Å². The summed E-state index contributed by atoms with van der Waals surface area (Å²) >= 11 is 0. The van der Waals surface area contributed by atoms with Crippen LogP contribution in [0.1, 0.15) is 24.2 Å². The Bertz CT molecular complexity index is 1180. The Morgan fingerprint density at radius 2 is 1.75 bits per heavy atom. The average Bonchev–Trinajstić information content (AvgIpc) is 3.44. The van der Waals surface area contributed by atoms with Gasteiger partial charge in [0.05, 0.1) is 12.2 Å². The molecule has 0 unspecified atom stereocenters. The molecule has 2 fully saturated rings. The van der Waals surface area contributed by atoms with E-state index in [-0.39, 0.29) is 36.7 Å². The quantitative estimate of drug-likeness (QED) is 0.536. The molecule has 0 N–H and O–H groups in total. The highest BCUT2D eigenvalue weighted by Crippen LogP contribution is 2.41. The van der Waals surface area contributed by atoms with Gasteiger partial charge in [0.2, 0.25) is 0 Å². The smallest absolute Gasteiger partial charge is 0.363 e. The largest absolute Gasteiger partial charge is 0.422 e. The number of fused-ring (bicyclic) bond motifs is 1. The molecule has 2 aliphatic rings. The summed E-state index contributed by atoms with van der Waals surface area (Å²) in [6.07, 6.45) is -0.334. The van der Waals surface area contributed by atoms with Crippen molar-refractivity contribution in [2.24, 2.45) is 5.92 Å². The third kappa shape index (κ3) is 3.78. The summed E-state index contributed by atoms with van der Waals surface area (Å²) < 4.78 is 71.0. The molecule has 2 aromatic heterocycles. The van der Waals surface area contributed by atoms with Crippen LogP contribution in [0.3, 0.4) is 0 Å². The number of hydrogen-bond acceptors (Lipinski definition) is 4. The summed E-state index contributed by atoms with van der Waals surface area (Å²) in [6.45, 7) is 4.43. The second-order valence-corrected chi connectivity index (χ2v) is 8.30. The van der Waals surface area contributed by atoms with E-state index in [0.29, 0.717) is 23.9 Å². The number of alkyl halides is 3. The zero-order valence-corrected chi connectivity index (χ0v) is 17.0. The summed E-state index contributed by atoms with van der Waals surface area (Å²) in [5, 5.41) is 7.89. The number of benzene rings is 1. The maximum Gasteiger partial charge on any atom is 0.422 e. The van der Waals surface area contributed by atoms with Crippen molar-refractivity contribution in [3.8, 4) is 0 Å². The molecule has 1 saturated heterocycles. The van der Waals surface area contributed by atoms with E-state index in [2.05, 4.69) is 16.8 Å². The Kier molecular flexibility index (Phi) is 4.83. The van der Waals surface area contributed by atoms with Gasteiger partial charge in [-0.05, 0) is 37.0 Å². The molecular formula is C22H20F5N5. The Morgan fingerprint density at radius 1 is 1.03 bits per heavy atom. The summed E-state index contributed by atoms with van der Waals surface area (Å²) in [7, 11) is 0. The van der Waals surface area contributed by atoms with Crippen LogP contribution in [0.15, 0.2) is 42.7 Å². The Balaban J connectivity index is 1.47. The van der Waals surface area contributed by atoms with Crippen molar-refractivity contribution in [1.29, 1.82) is 0 Å². The van der Waals surface area contributed by atoms with Gasteiger partial charge in [-0.2, -0.15) is 13.2 Å². The monoisotopic (exact) mass is 449 g/mol. The average molecular weight is 449 g/mol. The van der Waals surface area contributed by atoms with Gasteiger partial charge in [0.25, 0.3) is 0 Å². The lowest BCUT2D eigenvalue weighted by atomic mass is 10.1. The summed E-state index contributed by atoms with van der Waals surface area (Å²) in [4.78, 5) is 3.17. The van der Waals surface area contributed by atoms with Crippen LogP contribution in [0.2, 0.25) is 0 Å². The standard InChI is InChI=1S/C22H20F5N5/c1-13-12-30(6-7-31(13)17-10-15(23)9-16(24)11-17)18-4-5-32-19(8-14-2-3-14)28-29-21(32)20(18)22(25,26)27/h4-5,9-11,14H,1-3,6-8,12H2. The van der Waals surface area contributed by atoms with E-state index in [4.69, 9.17) is 0 Å².